The first kappa shape index (κ1) is 21.1. The molecule has 7 heteroatoms. The molecule has 0 aliphatic carbocycles. The van der Waals surface area contributed by atoms with Crippen molar-refractivity contribution >= 4 is 28.8 Å². The molecule has 0 spiro atoms. The van der Waals surface area contributed by atoms with E-state index >= 15 is 0 Å². The smallest absolute Gasteiger partial charge is 0.295 e. The highest BCUT2D eigenvalue weighted by Gasteiger charge is 2.46. The van der Waals surface area contributed by atoms with Gasteiger partial charge in [-0.3, -0.25) is 9.59 Å². The molecule has 2 heterocycles. The van der Waals surface area contributed by atoms with E-state index in [-0.39, 0.29) is 11.3 Å². The molecule has 1 aliphatic heterocycles. The molecule has 1 fully saturated rings. The molecule has 6 nitrogen and oxygen atoms in total. The quantitative estimate of drug-likeness (QED) is 0.407. The molecule has 0 bridgehead atoms. The van der Waals surface area contributed by atoms with Crippen LogP contribution in [0, 0.1) is 0 Å². The monoisotopic (exact) mass is 414 g/mol. The molecule has 1 atom stereocenters. The number of carbonyl (C=O) groups excluding carboxylic acids is 2. The van der Waals surface area contributed by atoms with E-state index in [1.807, 2.05) is 17.5 Å². The molecule has 0 saturated carbocycles. The number of Topliss-reactive ketones (excluding diaryl/α,β-unsaturated/α-hetero) is 1. The van der Waals surface area contributed by atoms with Crippen molar-refractivity contribution in [2.75, 3.05) is 33.3 Å². The number of ketones is 1. The van der Waals surface area contributed by atoms with Gasteiger partial charge in [0.25, 0.3) is 11.7 Å². The van der Waals surface area contributed by atoms with Gasteiger partial charge in [-0.15, -0.1) is 11.3 Å². The van der Waals surface area contributed by atoms with Crippen LogP contribution in [0.15, 0.2) is 47.4 Å². The van der Waals surface area contributed by atoms with Crippen molar-refractivity contribution in [3.05, 3.63) is 57.8 Å². The topological polar surface area (TPSA) is 70.1 Å². The molecule has 1 aromatic carbocycles. The third kappa shape index (κ3) is 4.21. The molecular formula is C22H26N2O4S. The molecule has 154 valence electrons. The SMILES string of the molecule is CCN(CC)CCN1C(=O)C(=O)/C(=C(\O)c2ccc(OC)cc2)C1c1cccs1. The van der Waals surface area contributed by atoms with Gasteiger partial charge in [0, 0.05) is 23.5 Å². The van der Waals surface area contributed by atoms with Crippen molar-refractivity contribution in [1.82, 2.24) is 9.80 Å². The molecule has 1 amide bonds. The van der Waals surface area contributed by atoms with Crippen LogP contribution < -0.4 is 4.74 Å². The average molecular weight is 415 g/mol. The summed E-state index contributed by atoms with van der Waals surface area (Å²) in [5, 5.41) is 12.9. The lowest BCUT2D eigenvalue weighted by molar-refractivity contribution is -0.140. The largest absolute Gasteiger partial charge is 0.507 e. The van der Waals surface area contributed by atoms with Crippen LogP contribution in [0.4, 0.5) is 0 Å². The number of hydrogen-bond acceptors (Lipinski definition) is 6. The number of likely N-dealkylation sites (tertiary alicyclic amines) is 1. The fourth-order valence-corrected chi connectivity index (χ4v) is 4.39. The number of hydrogen-bond donors (Lipinski definition) is 1. The summed E-state index contributed by atoms with van der Waals surface area (Å²) in [6.07, 6.45) is 0. The van der Waals surface area contributed by atoms with Crippen molar-refractivity contribution in [3.8, 4) is 5.75 Å². The third-order valence-electron chi connectivity index (χ3n) is 5.27. The number of thiophene rings is 1. The first-order valence-corrected chi connectivity index (χ1v) is 10.6. The number of likely N-dealkylation sites (N-methyl/N-ethyl adjacent to an activating group) is 1. The Labute approximate surface area is 175 Å². The van der Waals surface area contributed by atoms with Gasteiger partial charge in [-0.25, -0.2) is 0 Å². The molecule has 0 radical (unpaired) electrons. The molecule has 1 unspecified atom stereocenters. The number of amides is 1. The minimum Gasteiger partial charge on any atom is -0.507 e. The van der Waals surface area contributed by atoms with Gasteiger partial charge in [-0.05, 0) is 48.8 Å². The summed E-state index contributed by atoms with van der Waals surface area (Å²) in [6, 6.07) is 10.0. The normalized spacial score (nSPS) is 18.6. The predicted molar refractivity (Wildman–Crippen MR) is 114 cm³/mol. The maximum Gasteiger partial charge on any atom is 0.295 e. The highest BCUT2D eigenvalue weighted by Crippen LogP contribution is 2.41. The Bertz CT molecular complexity index is 886. The number of aliphatic hydroxyl groups is 1. The molecule has 1 aliphatic rings. The lowest BCUT2D eigenvalue weighted by Gasteiger charge is -2.27. The van der Waals surface area contributed by atoms with E-state index < -0.39 is 17.7 Å². The van der Waals surface area contributed by atoms with Gasteiger partial charge in [-0.1, -0.05) is 19.9 Å². The van der Waals surface area contributed by atoms with E-state index in [1.54, 1.807) is 36.3 Å². The fraction of sp³-hybridized carbons (Fsp3) is 0.364. The first-order chi connectivity index (χ1) is 14.0. The lowest BCUT2D eigenvalue weighted by atomic mass is 10.00. The standard InChI is InChI=1S/C22H26N2O4S/c1-4-23(5-2)12-13-24-19(17-7-6-14-29-17)18(21(26)22(24)27)20(25)15-8-10-16(28-3)11-9-15/h6-11,14,19,25H,4-5,12-13H2,1-3H3/b20-18-. The molecule has 3 rings (SSSR count). The highest BCUT2D eigenvalue weighted by molar-refractivity contribution is 7.10. The number of nitrogens with zero attached hydrogens (tertiary/aromatic N) is 2. The van der Waals surface area contributed by atoms with Gasteiger partial charge in [0.2, 0.25) is 0 Å². The van der Waals surface area contributed by atoms with E-state index in [2.05, 4.69) is 18.7 Å². The number of benzene rings is 1. The molecule has 1 aromatic heterocycles. The zero-order valence-electron chi connectivity index (χ0n) is 16.9. The van der Waals surface area contributed by atoms with Crippen molar-refractivity contribution < 1.29 is 19.4 Å². The summed E-state index contributed by atoms with van der Waals surface area (Å²) >= 11 is 1.47. The van der Waals surface area contributed by atoms with Gasteiger partial charge >= 0.3 is 0 Å². The van der Waals surface area contributed by atoms with Crippen LogP contribution in [0.2, 0.25) is 0 Å². The third-order valence-corrected chi connectivity index (χ3v) is 6.19. The first-order valence-electron chi connectivity index (χ1n) is 9.70. The Morgan fingerprint density at radius 1 is 1.17 bits per heavy atom. The van der Waals surface area contributed by atoms with E-state index in [0.29, 0.717) is 24.4 Å². The van der Waals surface area contributed by atoms with Crippen LogP contribution in [-0.4, -0.2) is 59.9 Å². The Morgan fingerprint density at radius 3 is 2.41 bits per heavy atom. The van der Waals surface area contributed by atoms with E-state index in [4.69, 9.17) is 4.74 Å². The summed E-state index contributed by atoms with van der Waals surface area (Å²) in [5.74, 6) is -0.715. The molecule has 29 heavy (non-hydrogen) atoms. The lowest BCUT2D eigenvalue weighted by Crippen LogP contribution is -2.37. The number of methoxy groups -OCH3 is 1. The summed E-state index contributed by atoms with van der Waals surface area (Å²) in [7, 11) is 1.56. The average Bonchev–Trinajstić information content (AvgIpc) is 3.36. The maximum absolute atomic E-state index is 12.9. The van der Waals surface area contributed by atoms with Gasteiger partial charge in [0.05, 0.1) is 18.7 Å². The van der Waals surface area contributed by atoms with Gasteiger partial charge in [-0.2, -0.15) is 0 Å². The Balaban J connectivity index is 2.02. The van der Waals surface area contributed by atoms with E-state index in [0.717, 1.165) is 18.0 Å². The molecule has 1 saturated heterocycles. The second-order valence-electron chi connectivity index (χ2n) is 6.76. The number of ether oxygens (including phenoxy) is 1. The summed E-state index contributed by atoms with van der Waals surface area (Å²) < 4.78 is 5.16. The summed E-state index contributed by atoms with van der Waals surface area (Å²) in [5.41, 5.74) is 0.622. The van der Waals surface area contributed by atoms with E-state index in [1.165, 1.54) is 11.3 Å². The minimum atomic E-state index is -0.642. The van der Waals surface area contributed by atoms with Crippen LogP contribution >= 0.6 is 11.3 Å². The Morgan fingerprint density at radius 2 is 1.86 bits per heavy atom. The number of carbonyl (C=O) groups is 2. The minimum absolute atomic E-state index is 0.141. The number of rotatable bonds is 8. The molecular weight excluding hydrogens is 388 g/mol. The van der Waals surface area contributed by atoms with Gasteiger partial charge in [0.1, 0.15) is 11.5 Å². The van der Waals surface area contributed by atoms with Crippen molar-refractivity contribution in [3.63, 3.8) is 0 Å². The van der Waals surface area contributed by atoms with Crippen LogP contribution in [-0.2, 0) is 9.59 Å². The summed E-state index contributed by atoms with van der Waals surface area (Å²) in [4.78, 5) is 30.4. The van der Waals surface area contributed by atoms with Gasteiger partial charge < -0.3 is 19.6 Å². The second-order valence-corrected chi connectivity index (χ2v) is 7.74. The van der Waals surface area contributed by atoms with Crippen LogP contribution in [0.5, 0.6) is 5.75 Å². The van der Waals surface area contributed by atoms with Crippen molar-refractivity contribution in [2.24, 2.45) is 0 Å². The van der Waals surface area contributed by atoms with Crippen LogP contribution in [0.3, 0.4) is 0 Å². The molecule has 1 N–H and O–H groups in total. The van der Waals surface area contributed by atoms with E-state index in [9.17, 15) is 14.7 Å². The van der Waals surface area contributed by atoms with Gasteiger partial charge in [0.15, 0.2) is 0 Å². The zero-order valence-corrected chi connectivity index (χ0v) is 17.7. The predicted octanol–water partition coefficient (Wildman–Crippen LogP) is 3.52. The molecule has 2 aromatic rings. The number of aliphatic hydroxyl groups excluding tert-OH is 1. The Hall–Kier alpha value is -2.64. The second kappa shape index (κ2) is 9.24. The van der Waals surface area contributed by atoms with Crippen LogP contribution in [0.25, 0.3) is 5.76 Å². The van der Waals surface area contributed by atoms with Crippen molar-refractivity contribution in [1.29, 1.82) is 0 Å². The fourth-order valence-electron chi connectivity index (χ4n) is 3.55. The highest BCUT2D eigenvalue weighted by atomic mass is 32.1. The zero-order chi connectivity index (χ0) is 21.0. The van der Waals surface area contributed by atoms with Crippen LogP contribution in [0.1, 0.15) is 30.3 Å². The Kier molecular flexibility index (Phi) is 6.71. The van der Waals surface area contributed by atoms with Crippen molar-refractivity contribution in [2.45, 2.75) is 19.9 Å². The summed E-state index contributed by atoms with van der Waals surface area (Å²) in [6.45, 7) is 6.97. The maximum atomic E-state index is 12.9.